The topological polar surface area (TPSA) is 82.4 Å². The quantitative estimate of drug-likeness (QED) is 0.422. The summed E-state index contributed by atoms with van der Waals surface area (Å²) in [6, 6.07) is 17.2. The summed E-state index contributed by atoms with van der Waals surface area (Å²) in [5.74, 6) is -2.60. The third-order valence-electron chi connectivity index (χ3n) is 4.81. The molecule has 1 N–H and O–H groups in total. The highest BCUT2D eigenvalue weighted by Gasteiger charge is 2.40. The van der Waals surface area contributed by atoms with Gasteiger partial charge in [-0.2, -0.15) is 5.26 Å². The highest BCUT2D eigenvalue weighted by Crippen LogP contribution is 2.35. The second-order valence-electron chi connectivity index (χ2n) is 7.06. The summed E-state index contributed by atoms with van der Waals surface area (Å²) >= 11 is 0. The van der Waals surface area contributed by atoms with Crippen molar-refractivity contribution in [1.82, 2.24) is 0 Å². The van der Waals surface area contributed by atoms with Gasteiger partial charge >= 0.3 is 6.36 Å². The smallest absolute Gasteiger partial charge is 0.406 e. The number of hydrogen-bond acceptors (Lipinski definition) is 5. The molecule has 1 aliphatic rings. The number of imide groups is 1. The molecular formula is C24H13F4N3O3. The molecule has 0 fully saturated rings. The number of anilines is 2. The van der Waals surface area contributed by atoms with Crippen LogP contribution in [0.15, 0.2) is 78.5 Å². The average Bonchev–Trinajstić information content (AvgIpc) is 3.03. The predicted molar refractivity (Wildman–Crippen MR) is 114 cm³/mol. The van der Waals surface area contributed by atoms with Gasteiger partial charge in [0.15, 0.2) is 0 Å². The highest BCUT2D eigenvalue weighted by atomic mass is 19.4. The first-order valence-corrected chi connectivity index (χ1v) is 9.68. The molecule has 34 heavy (non-hydrogen) atoms. The summed E-state index contributed by atoms with van der Waals surface area (Å²) < 4.78 is 55.1. The number of amides is 2. The first kappa shape index (κ1) is 22.5. The zero-order chi connectivity index (χ0) is 24.5. The molecule has 0 aromatic heterocycles. The Hall–Kier alpha value is -4.65. The van der Waals surface area contributed by atoms with Gasteiger partial charge in [0.05, 0.1) is 22.9 Å². The van der Waals surface area contributed by atoms with E-state index in [-0.39, 0.29) is 28.2 Å². The lowest BCUT2D eigenvalue weighted by atomic mass is 10.0. The molecular weight excluding hydrogens is 454 g/mol. The van der Waals surface area contributed by atoms with Crippen LogP contribution in [0, 0.1) is 17.1 Å². The summed E-state index contributed by atoms with van der Waals surface area (Å²) in [7, 11) is 0. The first-order chi connectivity index (χ1) is 16.2. The van der Waals surface area contributed by atoms with Crippen LogP contribution in [-0.2, 0) is 9.59 Å². The standard InChI is InChI=1S/C24H13F4N3O3/c25-16-8-6-15(7-9-16)20-21(30-17-2-1-3-19(12-17)34-24(26,27)28)23(33)31(22(20)32)18-10-4-14(13-29)5-11-18/h1-12,30H. The summed E-state index contributed by atoms with van der Waals surface area (Å²) in [5, 5.41) is 11.7. The van der Waals surface area contributed by atoms with Crippen LogP contribution in [-0.4, -0.2) is 18.2 Å². The van der Waals surface area contributed by atoms with Crippen LogP contribution >= 0.6 is 0 Å². The number of hydrogen-bond donors (Lipinski definition) is 1. The number of carbonyl (C=O) groups excluding carboxylic acids is 2. The van der Waals surface area contributed by atoms with Gasteiger partial charge in [0.1, 0.15) is 17.3 Å². The van der Waals surface area contributed by atoms with E-state index in [0.717, 1.165) is 29.2 Å². The molecule has 0 aliphatic carbocycles. The maximum absolute atomic E-state index is 13.5. The van der Waals surface area contributed by atoms with Gasteiger partial charge in [-0.1, -0.05) is 18.2 Å². The predicted octanol–water partition coefficient (Wildman–Crippen LogP) is 4.99. The minimum Gasteiger partial charge on any atom is -0.406 e. The molecule has 0 spiro atoms. The molecule has 0 unspecified atom stereocenters. The number of nitrogens with zero attached hydrogens (tertiary/aromatic N) is 2. The molecule has 1 heterocycles. The number of alkyl halides is 3. The minimum atomic E-state index is -4.91. The van der Waals surface area contributed by atoms with Gasteiger partial charge < -0.3 is 10.1 Å². The van der Waals surface area contributed by atoms with E-state index >= 15 is 0 Å². The summed E-state index contributed by atoms with van der Waals surface area (Å²) in [4.78, 5) is 27.4. The van der Waals surface area contributed by atoms with E-state index in [1.807, 2.05) is 6.07 Å². The Bertz CT molecular complexity index is 1340. The summed E-state index contributed by atoms with van der Waals surface area (Å²) in [6.45, 7) is 0. The number of benzene rings is 3. The molecule has 10 heteroatoms. The average molecular weight is 467 g/mol. The van der Waals surface area contributed by atoms with Crippen LogP contribution in [0.5, 0.6) is 5.75 Å². The molecule has 0 radical (unpaired) electrons. The van der Waals surface area contributed by atoms with Crippen LogP contribution in [0.4, 0.5) is 28.9 Å². The van der Waals surface area contributed by atoms with E-state index in [9.17, 15) is 27.2 Å². The van der Waals surface area contributed by atoms with Crippen LogP contribution in [0.3, 0.4) is 0 Å². The Kier molecular flexibility index (Phi) is 5.77. The largest absolute Gasteiger partial charge is 0.573 e. The van der Waals surface area contributed by atoms with Crippen molar-refractivity contribution in [1.29, 1.82) is 5.26 Å². The van der Waals surface area contributed by atoms with E-state index in [1.54, 1.807) is 0 Å². The Morgan fingerprint density at radius 3 is 2.21 bits per heavy atom. The monoisotopic (exact) mass is 467 g/mol. The Morgan fingerprint density at radius 2 is 1.59 bits per heavy atom. The molecule has 6 nitrogen and oxygen atoms in total. The third-order valence-corrected chi connectivity index (χ3v) is 4.81. The van der Waals surface area contributed by atoms with Crippen molar-refractivity contribution >= 4 is 28.8 Å². The lowest BCUT2D eigenvalue weighted by Gasteiger charge is -2.15. The molecule has 0 bridgehead atoms. The molecule has 3 aromatic carbocycles. The summed E-state index contributed by atoms with van der Waals surface area (Å²) in [6.07, 6.45) is -4.91. The van der Waals surface area contributed by atoms with Crippen LogP contribution in [0.1, 0.15) is 11.1 Å². The van der Waals surface area contributed by atoms with Gasteiger partial charge in [0.25, 0.3) is 11.8 Å². The van der Waals surface area contributed by atoms with Crippen LogP contribution in [0.25, 0.3) is 5.57 Å². The SMILES string of the molecule is N#Cc1ccc(N2C(=O)C(Nc3cccc(OC(F)(F)F)c3)=C(c3ccc(F)cc3)C2=O)cc1. The molecule has 0 saturated heterocycles. The van der Waals surface area contributed by atoms with Crippen molar-refractivity contribution < 1.29 is 31.9 Å². The lowest BCUT2D eigenvalue weighted by Crippen LogP contribution is -2.32. The van der Waals surface area contributed by atoms with Crippen molar-refractivity contribution in [2.24, 2.45) is 0 Å². The fourth-order valence-corrected chi connectivity index (χ4v) is 3.36. The van der Waals surface area contributed by atoms with E-state index in [0.29, 0.717) is 5.56 Å². The zero-order valence-corrected chi connectivity index (χ0v) is 17.1. The van der Waals surface area contributed by atoms with Crippen molar-refractivity contribution in [3.8, 4) is 11.8 Å². The van der Waals surface area contributed by atoms with E-state index in [2.05, 4.69) is 10.1 Å². The van der Waals surface area contributed by atoms with E-state index < -0.39 is 29.7 Å². The van der Waals surface area contributed by atoms with Crippen molar-refractivity contribution in [2.45, 2.75) is 6.36 Å². The number of halogens is 4. The van der Waals surface area contributed by atoms with Gasteiger partial charge in [0, 0.05) is 11.8 Å². The fraction of sp³-hybridized carbons (Fsp3) is 0.0417. The van der Waals surface area contributed by atoms with Crippen molar-refractivity contribution in [3.05, 3.63) is 95.4 Å². The number of rotatable bonds is 5. The lowest BCUT2D eigenvalue weighted by molar-refractivity contribution is -0.274. The second-order valence-corrected chi connectivity index (χ2v) is 7.06. The molecule has 4 rings (SSSR count). The van der Waals surface area contributed by atoms with Gasteiger partial charge in [-0.3, -0.25) is 9.59 Å². The Balaban J connectivity index is 1.76. The van der Waals surface area contributed by atoms with Gasteiger partial charge in [-0.05, 0) is 54.1 Å². The molecule has 170 valence electrons. The van der Waals surface area contributed by atoms with E-state index in [1.165, 1.54) is 48.5 Å². The minimum absolute atomic E-state index is 0.0548. The normalized spacial score (nSPS) is 13.8. The van der Waals surface area contributed by atoms with Crippen molar-refractivity contribution in [3.63, 3.8) is 0 Å². The van der Waals surface area contributed by atoms with E-state index in [4.69, 9.17) is 5.26 Å². The Morgan fingerprint density at radius 1 is 0.912 bits per heavy atom. The number of ether oxygens (including phenoxy) is 1. The van der Waals surface area contributed by atoms with Crippen molar-refractivity contribution in [2.75, 3.05) is 10.2 Å². The second kappa shape index (κ2) is 8.71. The zero-order valence-electron chi connectivity index (χ0n) is 17.1. The molecule has 2 amide bonds. The maximum Gasteiger partial charge on any atom is 0.573 e. The molecule has 1 aliphatic heterocycles. The molecule has 3 aromatic rings. The maximum atomic E-state index is 13.5. The highest BCUT2D eigenvalue weighted by molar-refractivity contribution is 6.46. The Labute approximate surface area is 190 Å². The number of nitrogens with one attached hydrogen (secondary N) is 1. The third kappa shape index (κ3) is 4.59. The van der Waals surface area contributed by atoms with Crippen LogP contribution in [0.2, 0.25) is 0 Å². The molecule has 0 saturated carbocycles. The number of nitriles is 1. The first-order valence-electron chi connectivity index (χ1n) is 9.68. The van der Waals surface area contributed by atoms with Gasteiger partial charge in [0.2, 0.25) is 0 Å². The van der Waals surface area contributed by atoms with Gasteiger partial charge in [-0.15, -0.1) is 13.2 Å². The summed E-state index contributed by atoms with van der Waals surface area (Å²) in [5.41, 5.74) is 0.455. The number of carbonyl (C=O) groups is 2. The van der Waals surface area contributed by atoms with Crippen LogP contribution < -0.4 is 15.0 Å². The molecule has 0 atom stereocenters. The fourth-order valence-electron chi connectivity index (χ4n) is 3.36. The van der Waals surface area contributed by atoms with Gasteiger partial charge in [-0.25, -0.2) is 9.29 Å².